The fourth-order valence-corrected chi connectivity index (χ4v) is 8.94. The number of nitrogens with two attached hydrogens (primary N) is 2. The van der Waals surface area contributed by atoms with Crippen LogP contribution < -0.4 is 43.4 Å². The fourth-order valence-electron chi connectivity index (χ4n) is 7.96. The number of aromatic amines is 1. The first-order valence-electron chi connectivity index (χ1n) is 19.8. The van der Waals surface area contributed by atoms with Crippen molar-refractivity contribution in [2.75, 3.05) is 26.2 Å². The zero-order valence-corrected chi connectivity index (χ0v) is 33.1. The van der Waals surface area contributed by atoms with Gasteiger partial charge in [0.2, 0.25) is 29.5 Å². The highest BCUT2D eigenvalue weighted by Gasteiger charge is 2.42. The SMILES string of the molecule is NC(=O)C1(NC(=O)[C@H](Cc2ccccc2)NC(=O)[C@@H](Cc2c[nH]c3ccccc23)NC(=O)[C@@H](Cc2csc3ccccc23)NC(=O)C2(N)CCNCC2)CCNCC1. The molecule has 0 radical (unpaired) electrons. The standard InChI is InChI=1S/C43H51N9O5S/c44-40(56)43(16-20-47-21-17-43)52-39(55)33(22-27-8-2-1-3-9-27)49-37(53)34(23-28-25-48-32-12-6-4-10-30(28)32)50-38(54)35(51-41(57)42(45)14-18-46-19-15-42)24-29-26-58-36-13-7-5-11-31(29)36/h1-13,25-26,33-35,46-48H,14-24,45H2,(H2,44,56)(H,49,53)(H,50,54)(H,51,57)(H,52,55)/t33-,34+,35+/m0/s1. The molecular weight excluding hydrogens is 755 g/mol. The monoisotopic (exact) mass is 805 g/mol. The van der Waals surface area contributed by atoms with Gasteiger partial charge in [-0.05, 0) is 91.5 Å². The van der Waals surface area contributed by atoms with Crippen LogP contribution in [0.2, 0.25) is 0 Å². The quantitative estimate of drug-likeness (QED) is 0.0755. The summed E-state index contributed by atoms with van der Waals surface area (Å²) in [6.07, 6.45) is 3.52. The zero-order chi connectivity index (χ0) is 40.7. The first-order chi connectivity index (χ1) is 28.0. The third-order valence-electron chi connectivity index (χ3n) is 11.5. The van der Waals surface area contributed by atoms with E-state index < -0.39 is 58.7 Å². The Bertz CT molecular complexity index is 2260. The number of nitrogens with one attached hydrogen (secondary N) is 7. The molecule has 2 saturated heterocycles. The number of hydrogen-bond acceptors (Lipinski definition) is 9. The van der Waals surface area contributed by atoms with Crippen molar-refractivity contribution in [3.05, 3.63) is 107 Å². The molecule has 0 bridgehead atoms. The van der Waals surface area contributed by atoms with Crippen LogP contribution in [0.3, 0.4) is 0 Å². The number of carbonyl (C=O) groups is 5. The minimum atomic E-state index is -1.29. The Morgan fingerprint density at radius 2 is 1.22 bits per heavy atom. The van der Waals surface area contributed by atoms with E-state index in [9.17, 15) is 24.0 Å². The van der Waals surface area contributed by atoms with Gasteiger partial charge in [-0.3, -0.25) is 24.0 Å². The molecule has 0 saturated carbocycles. The maximum absolute atomic E-state index is 14.7. The number of primary amides is 1. The fraction of sp³-hybridized carbons (Fsp3) is 0.372. The van der Waals surface area contributed by atoms with Crippen LogP contribution in [-0.2, 0) is 43.2 Å². The lowest BCUT2D eigenvalue weighted by Gasteiger charge is -2.37. The van der Waals surface area contributed by atoms with Crippen molar-refractivity contribution in [1.82, 2.24) is 36.9 Å². The van der Waals surface area contributed by atoms with E-state index in [0.717, 1.165) is 37.7 Å². The second-order valence-corrected chi connectivity index (χ2v) is 16.4. The normalized spacial score (nSPS) is 17.7. The Balaban J connectivity index is 1.20. The van der Waals surface area contributed by atoms with Gasteiger partial charge in [-0.1, -0.05) is 66.7 Å². The van der Waals surface area contributed by atoms with Gasteiger partial charge in [-0.15, -0.1) is 11.3 Å². The van der Waals surface area contributed by atoms with Crippen molar-refractivity contribution in [2.24, 2.45) is 11.5 Å². The number of para-hydroxylation sites is 1. The molecule has 11 N–H and O–H groups in total. The van der Waals surface area contributed by atoms with Gasteiger partial charge in [-0.2, -0.15) is 0 Å². The van der Waals surface area contributed by atoms with Gasteiger partial charge in [0.05, 0.1) is 5.54 Å². The maximum Gasteiger partial charge on any atom is 0.243 e. The number of hydrogen-bond donors (Lipinski definition) is 9. The van der Waals surface area contributed by atoms with Gasteiger partial charge in [0, 0.05) is 41.1 Å². The molecule has 0 unspecified atom stereocenters. The Morgan fingerprint density at radius 3 is 1.91 bits per heavy atom. The van der Waals surface area contributed by atoms with Crippen LogP contribution in [0.1, 0.15) is 42.4 Å². The molecule has 3 atom stereocenters. The molecule has 7 rings (SSSR count). The van der Waals surface area contributed by atoms with Crippen LogP contribution in [0.25, 0.3) is 21.0 Å². The number of carbonyl (C=O) groups excluding carboxylic acids is 5. The molecule has 15 heteroatoms. The lowest BCUT2D eigenvalue weighted by Crippen LogP contribution is -2.65. The Kier molecular flexibility index (Phi) is 12.5. The van der Waals surface area contributed by atoms with Crippen LogP contribution in [-0.4, -0.2) is 89.9 Å². The van der Waals surface area contributed by atoms with E-state index in [1.807, 2.05) is 84.2 Å². The molecule has 2 fully saturated rings. The molecule has 4 heterocycles. The van der Waals surface area contributed by atoms with Crippen LogP contribution >= 0.6 is 11.3 Å². The molecule has 5 aromatic rings. The van der Waals surface area contributed by atoms with Crippen LogP contribution in [0.5, 0.6) is 0 Å². The van der Waals surface area contributed by atoms with Crippen LogP contribution in [0.15, 0.2) is 90.4 Å². The molecule has 304 valence electrons. The number of benzene rings is 3. The molecule has 0 spiro atoms. The van der Waals surface area contributed by atoms with E-state index in [2.05, 4.69) is 36.9 Å². The summed E-state index contributed by atoms with van der Waals surface area (Å²) in [4.78, 5) is 73.4. The molecule has 3 aromatic carbocycles. The van der Waals surface area contributed by atoms with Gasteiger partial charge in [0.15, 0.2) is 0 Å². The summed E-state index contributed by atoms with van der Waals surface area (Å²) >= 11 is 1.55. The third kappa shape index (κ3) is 9.23. The van der Waals surface area contributed by atoms with Gasteiger partial charge >= 0.3 is 0 Å². The summed E-state index contributed by atoms with van der Waals surface area (Å²) in [5.41, 5.74) is 13.3. The molecule has 0 aliphatic carbocycles. The second kappa shape index (κ2) is 17.9. The Morgan fingerprint density at radius 1 is 0.655 bits per heavy atom. The van der Waals surface area contributed by atoms with Crippen molar-refractivity contribution in [2.45, 2.75) is 74.1 Å². The minimum absolute atomic E-state index is 0.0622. The summed E-state index contributed by atoms with van der Waals surface area (Å²) in [6.45, 7) is 2.10. The Labute approximate surface area is 340 Å². The van der Waals surface area contributed by atoms with E-state index >= 15 is 0 Å². The molecule has 2 aliphatic heterocycles. The molecule has 14 nitrogen and oxygen atoms in total. The van der Waals surface area contributed by atoms with Crippen molar-refractivity contribution in [1.29, 1.82) is 0 Å². The third-order valence-corrected chi connectivity index (χ3v) is 12.5. The number of aromatic nitrogens is 1. The number of H-pyrrole nitrogens is 1. The lowest BCUT2D eigenvalue weighted by molar-refractivity contribution is -0.136. The number of amides is 5. The van der Waals surface area contributed by atoms with Gasteiger partial charge in [0.1, 0.15) is 23.7 Å². The second-order valence-electron chi connectivity index (χ2n) is 15.5. The lowest BCUT2D eigenvalue weighted by atomic mass is 9.87. The summed E-state index contributed by atoms with van der Waals surface area (Å²) in [7, 11) is 0. The molecule has 2 aliphatic rings. The number of piperidine rings is 2. The average molecular weight is 806 g/mol. The van der Waals surface area contributed by atoms with Crippen molar-refractivity contribution in [3.8, 4) is 0 Å². The number of fused-ring (bicyclic) bond motifs is 2. The van der Waals surface area contributed by atoms with E-state index in [1.165, 1.54) is 0 Å². The summed E-state index contributed by atoms with van der Waals surface area (Å²) < 4.78 is 1.04. The summed E-state index contributed by atoms with van der Waals surface area (Å²) in [6, 6.07) is 21.3. The molecular formula is C43H51N9O5S. The van der Waals surface area contributed by atoms with Gasteiger partial charge in [-0.25, -0.2) is 0 Å². The molecule has 2 aromatic heterocycles. The van der Waals surface area contributed by atoms with E-state index in [-0.39, 0.29) is 19.3 Å². The van der Waals surface area contributed by atoms with Crippen LogP contribution in [0, 0.1) is 0 Å². The summed E-state index contributed by atoms with van der Waals surface area (Å²) in [5.74, 6) is -2.85. The Hall–Kier alpha value is -5.61. The van der Waals surface area contributed by atoms with E-state index in [0.29, 0.717) is 51.9 Å². The smallest absolute Gasteiger partial charge is 0.243 e. The predicted octanol–water partition coefficient (Wildman–Crippen LogP) is 1.67. The highest BCUT2D eigenvalue weighted by Crippen LogP contribution is 2.27. The predicted molar refractivity (Wildman–Crippen MR) is 225 cm³/mol. The largest absolute Gasteiger partial charge is 0.368 e. The van der Waals surface area contributed by atoms with E-state index in [1.54, 1.807) is 17.5 Å². The molecule has 58 heavy (non-hydrogen) atoms. The van der Waals surface area contributed by atoms with Crippen molar-refractivity contribution < 1.29 is 24.0 Å². The first-order valence-corrected chi connectivity index (χ1v) is 20.7. The van der Waals surface area contributed by atoms with E-state index in [4.69, 9.17) is 11.5 Å². The van der Waals surface area contributed by atoms with Gasteiger partial charge < -0.3 is 48.4 Å². The number of rotatable bonds is 15. The maximum atomic E-state index is 14.7. The topological polar surface area (TPSA) is 225 Å². The van der Waals surface area contributed by atoms with Gasteiger partial charge in [0.25, 0.3) is 0 Å². The van der Waals surface area contributed by atoms with Crippen LogP contribution in [0.4, 0.5) is 0 Å². The minimum Gasteiger partial charge on any atom is -0.368 e. The van der Waals surface area contributed by atoms with Crippen molar-refractivity contribution >= 4 is 61.9 Å². The first kappa shape index (κ1) is 40.6. The number of thiophene rings is 1. The highest BCUT2D eigenvalue weighted by molar-refractivity contribution is 7.17. The zero-order valence-electron chi connectivity index (χ0n) is 32.3. The highest BCUT2D eigenvalue weighted by atomic mass is 32.1. The molecule has 5 amide bonds. The van der Waals surface area contributed by atoms with Crippen molar-refractivity contribution in [3.63, 3.8) is 0 Å². The average Bonchev–Trinajstić information content (AvgIpc) is 3.84. The summed E-state index contributed by atoms with van der Waals surface area (Å²) in [5, 5.41) is 22.0.